The Labute approximate surface area is 106 Å². The predicted molar refractivity (Wildman–Crippen MR) is 59.0 cm³/mol. The van der Waals surface area contributed by atoms with Crippen molar-refractivity contribution < 1.29 is 27.5 Å². The van der Waals surface area contributed by atoms with Gasteiger partial charge in [-0.3, -0.25) is 0 Å². The summed E-state index contributed by atoms with van der Waals surface area (Å²) in [5.74, 6) is -4.01. The number of rotatable bonds is 4. The highest BCUT2D eigenvalue weighted by Gasteiger charge is 2.23. The number of hydrogen-bond acceptors (Lipinski definition) is 5. The van der Waals surface area contributed by atoms with Crippen LogP contribution < -0.4 is 9.47 Å². The zero-order chi connectivity index (χ0) is 13.8. The third-order valence-corrected chi connectivity index (χ3v) is 2.12. The normalized spacial score (nSPS) is 10.3. The van der Waals surface area contributed by atoms with E-state index in [4.69, 9.17) is 9.15 Å². The number of ether oxygens (including phenoxy) is 2. The third-order valence-electron chi connectivity index (χ3n) is 2.12. The van der Waals surface area contributed by atoms with E-state index in [9.17, 15) is 13.6 Å². The van der Waals surface area contributed by atoms with Crippen molar-refractivity contribution in [3.8, 4) is 11.7 Å². The van der Waals surface area contributed by atoms with E-state index in [1.807, 2.05) is 0 Å². The molecule has 0 N–H and O–H groups in total. The molecule has 19 heavy (non-hydrogen) atoms. The molecule has 0 bridgehead atoms. The summed E-state index contributed by atoms with van der Waals surface area (Å²) in [5.41, 5.74) is -0.287. The van der Waals surface area contributed by atoms with Gasteiger partial charge >= 0.3 is 11.9 Å². The van der Waals surface area contributed by atoms with Gasteiger partial charge in [-0.15, -0.1) is 0 Å². The Kier molecular flexibility index (Phi) is 3.74. The van der Waals surface area contributed by atoms with E-state index in [0.717, 1.165) is 24.6 Å². The van der Waals surface area contributed by atoms with Gasteiger partial charge in [-0.2, -0.15) is 0 Å². The van der Waals surface area contributed by atoms with Crippen LogP contribution in [0.15, 0.2) is 29.0 Å². The van der Waals surface area contributed by atoms with E-state index in [1.54, 1.807) is 6.92 Å². The van der Waals surface area contributed by atoms with E-state index < -0.39 is 23.4 Å². The van der Waals surface area contributed by atoms with E-state index in [0.29, 0.717) is 0 Å². The highest BCUT2D eigenvalue weighted by Crippen LogP contribution is 2.24. The molecular formula is C12H9F2NO4. The maximum Gasteiger partial charge on any atom is 0.370 e. The van der Waals surface area contributed by atoms with Gasteiger partial charge in [0.2, 0.25) is 11.4 Å². The number of hydrogen-bond donors (Lipinski definition) is 0. The number of nitrogens with zero attached hydrogens (tertiary/aromatic N) is 1. The SMILES string of the molecule is CCOc1ocnc1C(=O)Oc1c(F)cccc1F. The van der Waals surface area contributed by atoms with Crippen molar-refractivity contribution in [3.63, 3.8) is 0 Å². The van der Waals surface area contributed by atoms with E-state index in [2.05, 4.69) is 9.72 Å². The van der Waals surface area contributed by atoms with Crippen molar-refractivity contribution in [2.45, 2.75) is 6.92 Å². The molecule has 0 atom stereocenters. The fourth-order valence-electron chi connectivity index (χ4n) is 1.33. The second-order valence-corrected chi connectivity index (χ2v) is 3.36. The molecular weight excluding hydrogens is 260 g/mol. The van der Waals surface area contributed by atoms with Crippen LogP contribution in [-0.4, -0.2) is 17.6 Å². The lowest BCUT2D eigenvalue weighted by atomic mass is 10.3. The Balaban J connectivity index is 2.24. The van der Waals surface area contributed by atoms with Crippen LogP contribution in [0.5, 0.6) is 11.7 Å². The molecule has 0 fully saturated rings. The Hall–Kier alpha value is -2.44. The lowest BCUT2D eigenvalue weighted by Crippen LogP contribution is -2.12. The zero-order valence-electron chi connectivity index (χ0n) is 9.85. The number of carbonyl (C=O) groups is 1. The number of halogens is 2. The highest BCUT2D eigenvalue weighted by atomic mass is 19.1. The molecule has 0 saturated heterocycles. The summed E-state index contributed by atoms with van der Waals surface area (Å²) in [4.78, 5) is 15.3. The summed E-state index contributed by atoms with van der Waals surface area (Å²) in [6, 6.07) is 3.10. The number of benzene rings is 1. The molecule has 5 nitrogen and oxygen atoms in total. The topological polar surface area (TPSA) is 61.6 Å². The quantitative estimate of drug-likeness (QED) is 0.630. The summed E-state index contributed by atoms with van der Waals surface area (Å²) in [5, 5.41) is 0. The van der Waals surface area contributed by atoms with Crippen molar-refractivity contribution in [3.05, 3.63) is 41.9 Å². The number of para-hydroxylation sites is 1. The first-order valence-corrected chi connectivity index (χ1v) is 5.36. The molecule has 0 radical (unpaired) electrons. The number of esters is 1. The molecule has 0 saturated carbocycles. The van der Waals surface area contributed by atoms with Gasteiger partial charge in [-0.1, -0.05) is 6.07 Å². The molecule has 0 aliphatic heterocycles. The average Bonchev–Trinajstić information content (AvgIpc) is 2.83. The van der Waals surface area contributed by atoms with Gasteiger partial charge in [-0.25, -0.2) is 18.6 Å². The van der Waals surface area contributed by atoms with Gasteiger partial charge < -0.3 is 13.9 Å². The van der Waals surface area contributed by atoms with Gasteiger partial charge in [0.1, 0.15) is 0 Å². The Morgan fingerprint density at radius 3 is 2.68 bits per heavy atom. The summed E-state index contributed by atoms with van der Waals surface area (Å²) >= 11 is 0. The highest BCUT2D eigenvalue weighted by molar-refractivity contribution is 5.91. The average molecular weight is 269 g/mol. The van der Waals surface area contributed by atoms with Gasteiger partial charge in [0, 0.05) is 0 Å². The lowest BCUT2D eigenvalue weighted by Gasteiger charge is -2.05. The molecule has 0 amide bonds. The van der Waals surface area contributed by atoms with Crippen LogP contribution >= 0.6 is 0 Å². The van der Waals surface area contributed by atoms with Crippen LogP contribution in [-0.2, 0) is 0 Å². The largest absolute Gasteiger partial charge is 0.464 e. The molecule has 1 heterocycles. The minimum atomic E-state index is -1.07. The predicted octanol–water partition coefficient (Wildman–Crippen LogP) is 2.57. The second-order valence-electron chi connectivity index (χ2n) is 3.36. The maximum absolute atomic E-state index is 13.3. The van der Waals surface area contributed by atoms with E-state index in [-0.39, 0.29) is 18.2 Å². The molecule has 0 unspecified atom stereocenters. The third kappa shape index (κ3) is 2.70. The fourth-order valence-corrected chi connectivity index (χ4v) is 1.33. The van der Waals surface area contributed by atoms with Crippen LogP contribution in [0.1, 0.15) is 17.4 Å². The van der Waals surface area contributed by atoms with Crippen molar-refractivity contribution >= 4 is 5.97 Å². The Bertz CT molecular complexity index is 577. The molecule has 7 heteroatoms. The van der Waals surface area contributed by atoms with Gasteiger partial charge in [-0.05, 0) is 19.1 Å². The standard InChI is InChI=1S/C12H9F2NO4/c1-2-17-12-9(15-6-18-12)11(16)19-10-7(13)4-3-5-8(10)14/h3-6H,2H2,1H3. The van der Waals surface area contributed by atoms with Gasteiger partial charge in [0.05, 0.1) is 6.61 Å². The van der Waals surface area contributed by atoms with Crippen LogP contribution in [0, 0.1) is 11.6 Å². The summed E-state index contributed by atoms with van der Waals surface area (Å²) < 4.78 is 41.0. The van der Waals surface area contributed by atoms with Crippen LogP contribution in [0.4, 0.5) is 8.78 Å². The molecule has 100 valence electrons. The lowest BCUT2D eigenvalue weighted by molar-refractivity contribution is 0.0707. The molecule has 1 aromatic carbocycles. The first-order valence-electron chi connectivity index (χ1n) is 5.36. The van der Waals surface area contributed by atoms with Crippen LogP contribution in [0.2, 0.25) is 0 Å². The summed E-state index contributed by atoms with van der Waals surface area (Å²) in [6.07, 6.45) is 0.972. The van der Waals surface area contributed by atoms with Gasteiger partial charge in [0.15, 0.2) is 18.0 Å². The second kappa shape index (κ2) is 5.47. The number of aromatic nitrogens is 1. The van der Waals surface area contributed by atoms with E-state index in [1.165, 1.54) is 0 Å². The smallest absolute Gasteiger partial charge is 0.370 e. The molecule has 0 aliphatic carbocycles. The Morgan fingerprint density at radius 2 is 2.05 bits per heavy atom. The number of carbonyl (C=O) groups excluding carboxylic acids is 1. The summed E-state index contributed by atoms with van der Waals surface area (Å²) in [6.45, 7) is 1.91. The first kappa shape index (κ1) is 13.0. The molecule has 1 aromatic heterocycles. The van der Waals surface area contributed by atoms with E-state index >= 15 is 0 Å². The maximum atomic E-state index is 13.3. The molecule has 2 rings (SSSR count). The van der Waals surface area contributed by atoms with Crippen molar-refractivity contribution in [2.75, 3.05) is 6.61 Å². The monoisotopic (exact) mass is 269 g/mol. The van der Waals surface area contributed by atoms with Crippen molar-refractivity contribution in [1.29, 1.82) is 0 Å². The summed E-state index contributed by atoms with van der Waals surface area (Å²) in [7, 11) is 0. The molecule has 2 aromatic rings. The van der Waals surface area contributed by atoms with Crippen LogP contribution in [0.3, 0.4) is 0 Å². The molecule has 0 spiro atoms. The Morgan fingerprint density at radius 1 is 1.37 bits per heavy atom. The van der Waals surface area contributed by atoms with Crippen molar-refractivity contribution in [1.82, 2.24) is 4.98 Å². The van der Waals surface area contributed by atoms with Crippen LogP contribution in [0.25, 0.3) is 0 Å². The van der Waals surface area contributed by atoms with Gasteiger partial charge in [0.25, 0.3) is 0 Å². The zero-order valence-corrected chi connectivity index (χ0v) is 9.85. The fraction of sp³-hybridized carbons (Fsp3) is 0.167. The van der Waals surface area contributed by atoms with Crippen molar-refractivity contribution in [2.24, 2.45) is 0 Å². The molecule has 0 aliphatic rings. The minimum absolute atomic E-state index is 0.163. The number of oxazole rings is 1. The minimum Gasteiger partial charge on any atom is -0.464 e. The first-order chi connectivity index (χ1) is 9.13.